The lowest BCUT2D eigenvalue weighted by Gasteiger charge is -2.32. The highest BCUT2D eigenvalue weighted by atomic mass is 16.6. The van der Waals surface area contributed by atoms with Crippen molar-refractivity contribution in [3.8, 4) is 0 Å². The van der Waals surface area contributed by atoms with Crippen LogP contribution in [0.1, 0.15) is 91.5 Å². The first kappa shape index (κ1) is 28.2. The topological polar surface area (TPSA) is 87.7 Å². The van der Waals surface area contributed by atoms with Gasteiger partial charge < -0.3 is 20.5 Å². The summed E-state index contributed by atoms with van der Waals surface area (Å²) in [7, 11) is 0. The molecule has 2 amide bonds. The Labute approximate surface area is 206 Å². The van der Waals surface area contributed by atoms with E-state index in [1.54, 1.807) is 0 Å². The zero-order valence-corrected chi connectivity index (χ0v) is 21.8. The van der Waals surface area contributed by atoms with Crippen LogP contribution in [0, 0.1) is 17.8 Å². The molecule has 0 bridgehead atoms. The van der Waals surface area contributed by atoms with Crippen molar-refractivity contribution in [2.24, 2.45) is 17.8 Å². The second kappa shape index (κ2) is 13.7. The molecule has 192 valence electrons. The van der Waals surface area contributed by atoms with Gasteiger partial charge in [0.1, 0.15) is 5.60 Å². The van der Waals surface area contributed by atoms with E-state index in [9.17, 15) is 14.7 Å². The van der Waals surface area contributed by atoms with Gasteiger partial charge in [-0.3, -0.25) is 4.79 Å². The molecule has 0 unspecified atom stereocenters. The van der Waals surface area contributed by atoms with Crippen molar-refractivity contribution in [1.82, 2.24) is 10.6 Å². The Morgan fingerprint density at radius 2 is 1.71 bits per heavy atom. The Hall–Kier alpha value is -2.08. The van der Waals surface area contributed by atoms with Gasteiger partial charge in [-0.25, -0.2) is 4.79 Å². The summed E-state index contributed by atoms with van der Waals surface area (Å²) in [6.07, 6.45) is 6.24. The fourth-order valence-corrected chi connectivity index (χ4v) is 4.82. The van der Waals surface area contributed by atoms with Crippen molar-refractivity contribution < 1.29 is 19.4 Å². The average molecular weight is 475 g/mol. The Morgan fingerprint density at radius 1 is 1.06 bits per heavy atom. The van der Waals surface area contributed by atoms with E-state index in [-0.39, 0.29) is 11.8 Å². The van der Waals surface area contributed by atoms with Gasteiger partial charge in [-0.05, 0) is 57.4 Å². The molecule has 1 aromatic carbocycles. The van der Waals surface area contributed by atoms with E-state index >= 15 is 0 Å². The first-order valence-corrected chi connectivity index (χ1v) is 13.0. The van der Waals surface area contributed by atoms with Crippen LogP contribution in [0.3, 0.4) is 0 Å². The molecule has 1 aliphatic carbocycles. The number of hydrogen-bond acceptors (Lipinski definition) is 4. The number of ether oxygens (including phenoxy) is 1. The molecule has 0 spiro atoms. The minimum atomic E-state index is -0.819. The Kier molecular flexibility index (Phi) is 11.4. The number of amides is 2. The maximum atomic E-state index is 13.1. The van der Waals surface area contributed by atoms with Gasteiger partial charge in [-0.1, -0.05) is 76.3 Å². The lowest BCUT2D eigenvalue weighted by Crippen LogP contribution is -2.48. The van der Waals surface area contributed by atoms with Crippen LogP contribution >= 0.6 is 0 Å². The molecule has 34 heavy (non-hydrogen) atoms. The Bertz CT molecular complexity index is 739. The molecule has 0 aliphatic heterocycles. The number of aliphatic hydroxyl groups excluding tert-OH is 1. The maximum absolute atomic E-state index is 13.1. The molecule has 3 N–H and O–H groups in total. The molecule has 1 fully saturated rings. The van der Waals surface area contributed by atoms with Gasteiger partial charge in [0.25, 0.3) is 0 Å². The summed E-state index contributed by atoms with van der Waals surface area (Å²) in [5, 5.41) is 17.2. The zero-order chi connectivity index (χ0) is 25.1. The van der Waals surface area contributed by atoms with Gasteiger partial charge in [0.05, 0.1) is 12.1 Å². The van der Waals surface area contributed by atoms with Crippen LogP contribution in [0.25, 0.3) is 0 Å². The number of nitrogens with one attached hydrogen (secondary N) is 2. The van der Waals surface area contributed by atoms with Crippen molar-refractivity contribution in [2.45, 2.75) is 110 Å². The highest BCUT2D eigenvalue weighted by molar-refractivity contribution is 5.78. The largest absolute Gasteiger partial charge is 0.444 e. The van der Waals surface area contributed by atoms with Gasteiger partial charge in [-0.2, -0.15) is 0 Å². The summed E-state index contributed by atoms with van der Waals surface area (Å²) >= 11 is 0. The molecule has 6 nitrogen and oxygen atoms in total. The number of aliphatic hydroxyl groups is 1. The van der Waals surface area contributed by atoms with E-state index in [0.717, 1.165) is 18.4 Å². The van der Waals surface area contributed by atoms with E-state index in [1.165, 1.54) is 19.3 Å². The molecular formula is C28H46N2O4. The molecule has 0 radical (unpaired) electrons. The molecule has 6 heteroatoms. The summed E-state index contributed by atoms with van der Waals surface area (Å²) in [6.45, 7) is 10.1. The second-order valence-electron chi connectivity index (χ2n) is 11.3. The summed E-state index contributed by atoms with van der Waals surface area (Å²) in [4.78, 5) is 25.6. The predicted octanol–water partition coefficient (Wildman–Crippen LogP) is 5.58. The third-order valence-electron chi connectivity index (χ3n) is 6.44. The number of rotatable bonds is 11. The van der Waals surface area contributed by atoms with Crippen molar-refractivity contribution in [3.63, 3.8) is 0 Å². The summed E-state index contributed by atoms with van der Waals surface area (Å²) in [5.74, 6) is 0.410. The quantitative estimate of drug-likeness (QED) is 0.391. The molecule has 1 aromatic rings. The first-order valence-electron chi connectivity index (χ1n) is 13.0. The van der Waals surface area contributed by atoms with Gasteiger partial charge in [-0.15, -0.1) is 0 Å². The third-order valence-corrected chi connectivity index (χ3v) is 6.44. The number of hydrogen-bond donors (Lipinski definition) is 3. The van der Waals surface area contributed by atoms with E-state index < -0.39 is 23.8 Å². The van der Waals surface area contributed by atoms with E-state index in [0.29, 0.717) is 37.6 Å². The van der Waals surface area contributed by atoms with Crippen LogP contribution in [0.15, 0.2) is 30.3 Å². The van der Waals surface area contributed by atoms with Crippen molar-refractivity contribution in [1.29, 1.82) is 0 Å². The Balaban J connectivity index is 2.06. The number of benzene rings is 1. The van der Waals surface area contributed by atoms with Gasteiger partial charge in [0.15, 0.2) is 0 Å². The molecular weight excluding hydrogens is 428 g/mol. The molecule has 0 saturated heterocycles. The fourth-order valence-electron chi connectivity index (χ4n) is 4.82. The van der Waals surface area contributed by atoms with Crippen LogP contribution in [0.5, 0.6) is 0 Å². The summed E-state index contributed by atoms with van der Waals surface area (Å²) in [5.41, 5.74) is 0.434. The fraction of sp³-hybridized carbons (Fsp3) is 0.714. The minimum Gasteiger partial charge on any atom is -0.444 e. The van der Waals surface area contributed by atoms with E-state index in [2.05, 4.69) is 24.5 Å². The maximum Gasteiger partial charge on any atom is 0.407 e. The normalized spacial score (nSPS) is 17.6. The van der Waals surface area contributed by atoms with Crippen molar-refractivity contribution in [2.75, 3.05) is 0 Å². The number of carbonyl (C=O) groups excluding carboxylic acids is 2. The van der Waals surface area contributed by atoms with Gasteiger partial charge in [0.2, 0.25) is 5.91 Å². The third kappa shape index (κ3) is 10.9. The lowest BCUT2D eigenvalue weighted by molar-refractivity contribution is -0.127. The van der Waals surface area contributed by atoms with E-state index in [4.69, 9.17) is 4.74 Å². The summed E-state index contributed by atoms with van der Waals surface area (Å²) < 4.78 is 5.47. The highest BCUT2D eigenvalue weighted by Crippen LogP contribution is 2.29. The van der Waals surface area contributed by atoms with Crippen molar-refractivity contribution in [3.05, 3.63) is 35.9 Å². The predicted molar refractivity (Wildman–Crippen MR) is 136 cm³/mol. The molecule has 1 saturated carbocycles. The van der Waals surface area contributed by atoms with Crippen LogP contribution in [0.4, 0.5) is 4.79 Å². The number of carbonyl (C=O) groups is 2. The van der Waals surface area contributed by atoms with Crippen LogP contribution in [-0.2, 0) is 16.1 Å². The van der Waals surface area contributed by atoms with E-state index in [1.807, 2.05) is 51.1 Å². The van der Waals surface area contributed by atoms with Crippen LogP contribution in [-0.4, -0.2) is 34.9 Å². The number of alkyl carbamates (subject to hydrolysis) is 1. The molecule has 0 aromatic heterocycles. The van der Waals surface area contributed by atoms with Gasteiger partial charge in [0, 0.05) is 12.5 Å². The highest BCUT2D eigenvalue weighted by Gasteiger charge is 2.32. The molecule has 3 atom stereocenters. The molecule has 1 aliphatic rings. The zero-order valence-electron chi connectivity index (χ0n) is 21.8. The average Bonchev–Trinajstić information content (AvgIpc) is 2.76. The monoisotopic (exact) mass is 474 g/mol. The Morgan fingerprint density at radius 3 is 2.29 bits per heavy atom. The summed E-state index contributed by atoms with van der Waals surface area (Å²) in [6, 6.07) is 9.39. The lowest BCUT2D eigenvalue weighted by atomic mass is 9.81. The second-order valence-corrected chi connectivity index (χ2v) is 11.3. The van der Waals surface area contributed by atoms with Crippen LogP contribution in [0.2, 0.25) is 0 Å². The minimum absolute atomic E-state index is 0.0507. The van der Waals surface area contributed by atoms with Crippen molar-refractivity contribution >= 4 is 12.0 Å². The SMILES string of the molecule is CC(C)C[C@H](C[C@H](O)[C@H](CC1CCCCC1)NC(=O)OC(C)(C)C)C(=O)NCc1ccccc1. The molecule has 2 rings (SSSR count). The molecule has 0 heterocycles. The van der Waals surface area contributed by atoms with Crippen LogP contribution < -0.4 is 10.6 Å². The van der Waals surface area contributed by atoms with Gasteiger partial charge >= 0.3 is 6.09 Å². The standard InChI is InChI=1S/C28H46N2O4/c1-20(2)16-23(26(32)29-19-22-14-10-7-11-15-22)18-25(31)24(17-21-12-8-6-9-13-21)30-27(33)34-28(3,4)5/h7,10-11,14-15,20-21,23-25,31H,6,8-9,12-13,16-19H2,1-5H3,(H,29,32)(H,30,33)/t23-,24+,25+/m1/s1. The first-order chi connectivity index (χ1) is 16.0. The smallest absolute Gasteiger partial charge is 0.407 e.